The Morgan fingerprint density at radius 3 is 2.68 bits per heavy atom. The van der Waals surface area contributed by atoms with Crippen molar-refractivity contribution >= 4 is 27.5 Å². The highest BCUT2D eigenvalue weighted by Crippen LogP contribution is 2.26. The van der Waals surface area contributed by atoms with Gasteiger partial charge < -0.3 is 15.2 Å². The summed E-state index contributed by atoms with van der Waals surface area (Å²) in [4.78, 5) is 11.7. The first kappa shape index (κ1) is 18.7. The molecule has 1 atom stereocenters. The molecular weight excluding hydrogens is 332 g/mol. The first-order chi connectivity index (χ1) is 10.3. The minimum atomic E-state index is -3.88. The first-order valence-electron chi connectivity index (χ1n) is 6.56. The maximum Gasteiger partial charge on any atom is 0.241 e. The Balaban J connectivity index is 2.78. The molecule has 0 aliphatic rings. The van der Waals surface area contributed by atoms with Crippen LogP contribution < -0.4 is 14.8 Å². The lowest BCUT2D eigenvalue weighted by Gasteiger charge is -2.15. The summed E-state index contributed by atoms with van der Waals surface area (Å²) in [6.07, 6.45) is 0.402. The highest BCUT2D eigenvalue weighted by Gasteiger charge is 2.22. The number of halogens is 1. The quantitative estimate of drug-likeness (QED) is 0.593. The van der Waals surface area contributed by atoms with Crippen LogP contribution in [0.5, 0.6) is 5.75 Å². The second kappa shape index (κ2) is 8.33. The van der Waals surface area contributed by atoms with Crippen LogP contribution in [0.1, 0.15) is 13.3 Å². The fraction of sp³-hybridized carbons (Fsp3) is 0.462. The largest absolute Gasteiger partial charge is 0.495 e. The molecule has 0 aliphatic heterocycles. The number of aliphatic hydroxyl groups is 1. The van der Waals surface area contributed by atoms with Crippen molar-refractivity contribution in [2.75, 3.05) is 20.3 Å². The summed E-state index contributed by atoms with van der Waals surface area (Å²) in [5.74, 6) is -0.118. The summed E-state index contributed by atoms with van der Waals surface area (Å²) in [7, 11) is -2.46. The van der Waals surface area contributed by atoms with Gasteiger partial charge in [-0.2, -0.15) is 4.72 Å². The van der Waals surface area contributed by atoms with E-state index in [-0.39, 0.29) is 23.1 Å². The lowest BCUT2D eigenvalue weighted by Crippen LogP contribution is -2.45. The number of rotatable bonds is 8. The van der Waals surface area contributed by atoms with Crippen molar-refractivity contribution in [2.24, 2.45) is 0 Å². The first-order valence-corrected chi connectivity index (χ1v) is 8.42. The van der Waals surface area contributed by atoms with E-state index in [4.69, 9.17) is 21.4 Å². The van der Waals surface area contributed by atoms with Gasteiger partial charge in [-0.3, -0.25) is 4.79 Å². The molecule has 0 saturated heterocycles. The van der Waals surface area contributed by atoms with Gasteiger partial charge in [-0.15, -0.1) is 0 Å². The standard InChI is InChI=1S/C13H19ClN2O5S/c1-9(13(18)15-6-3-7-17)16-22(19,20)10-4-5-12(21-2)11(14)8-10/h4-5,8-9,16-17H,3,6-7H2,1-2H3,(H,15,18)/t9-/m0/s1. The Labute approximate surface area is 134 Å². The molecule has 1 aromatic carbocycles. The molecule has 0 bridgehead atoms. The molecule has 1 amide bonds. The van der Waals surface area contributed by atoms with Crippen molar-refractivity contribution < 1.29 is 23.1 Å². The van der Waals surface area contributed by atoms with Gasteiger partial charge in [-0.25, -0.2) is 8.42 Å². The zero-order valence-electron chi connectivity index (χ0n) is 12.3. The molecule has 0 aliphatic carbocycles. The number of hydrogen-bond acceptors (Lipinski definition) is 5. The Morgan fingerprint density at radius 2 is 2.14 bits per heavy atom. The van der Waals surface area contributed by atoms with Crippen LogP contribution in [0.15, 0.2) is 23.1 Å². The third-order valence-electron chi connectivity index (χ3n) is 2.79. The normalized spacial score (nSPS) is 12.7. The van der Waals surface area contributed by atoms with Crippen LogP contribution >= 0.6 is 11.6 Å². The molecule has 22 heavy (non-hydrogen) atoms. The molecule has 0 unspecified atom stereocenters. The maximum absolute atomic E-state index is 12.2. The number of carbonyl (C=O) groups is 1. The summed E-state index contributed by atoms with van der Waals surface area (Å²) in [5, 5.41) is 11.3. The molecular formula is C13H19ClN2O5S. The molecule has 1 aromatic rings. The number of amides is 1. The van der Waals surface area contributed by atoms with Crippen LogP contribution in [0, 0.1) is 0 Å². The summed E-state index contributed by atoms with van der Waals surface area (Å²) < 4.78 is 31.6. The molecule has 7 nitrogen and oxygen atoms in total. The number of sulfonamides is 1. The molecule has 3 N–H and O–H groups in total. The Bertz CT molecular complexity index is 621. The SMILES string of the molecule is COc1ccc(S(=O)(=O)N[C@@H](C)C(=O)NCCCO)cc1Cl. The molecule has 0 aromatic heterocycles. The third-order valence-corrected chi connectivity index (χ3v) is 4.63. The smallest absolute Gasteiger partial charge is 0.241 e. The molecule has 0 heterocycles. The molecule has 124 valence electrons. The van der Waals surface area contributed by atoms with Crippen molar-refractivity contribution in [1.82, 2.24) is 10.0 Å². The number of aliphatic hydroxyl groups excluding tert-OH is 1. The van der Waals surface area contributed by atoms with Gasteiger partial charge in [-0.1, -0.05) is 11.6 Å². The number of methoxy groups -OCH3 is 1. The molecule has 0 spiro atoms. The van der Waals surface area contributed by atoms with Gasteiger partial charge in [-0.05, 0) is 31.5 Å². The second-order valence-corrected chi connectivity index (χ2v) is 6.63. The van der Waals surface area contributed by atoms with E-state index in [1.54, 1.807) is 0 Å². The Hall–Kier alpha value is -1.35. The van der Waals surface area contributed by atoms with Crippen molar-refractivity contribution in [3.63, 3.8) is 0 Å². The van der Waals surface area contributed by atoms with E-state index in [1.165, 1.54) is 32.2 Å². The van der Waals surface area contributed by atoms with Gasteiger partial charge in [0, 0.05) is 13.2 Å². The van der Waals surface area contributed by atoms with E-state index < -0.39 is 22.0 Å². The lowest BCUT2D eigenvalue weighted by molar-refractivity contribution is -0.122. The van der Waals surface area contributed by atoms with E-state index >= 15 is 0 Å². The molecule has 0 radical (unpaired) electrons. The fourth-order valence-corrected chi connectivity index (χ4v) is 3.16. The van der Waals surface area contributed by atoms with E-state index in [9.17, 15) is 13.2 Å². The van der Waals surface area contributed by atoms with Gasteiger partial charge in [0.15, 0.2) is 0 Å². The van der Waals surface area contributed by atoms with Gasteiger partial charge >= 0.3 is 0 Å². The minimum absolute atomic E-state index is 0.0509. The van der Waals surface area contributed by atoms with Gasteiger partial charge in [0.2, 0.25) is 15.9 Å². The van der Waals surface area contributed by atoms with E-state index in [1.807, 2.05) is 0 Å². The zero-order valence-corrected chi connectivity index (χ0v) is 13.9. The van der Waals surface area contributed by atoms with Crippen LogP contribution in [-0.2, 0) is 14.8 Å². The predicted molar refractivity (Wildman–Crippen MR) is 82.5 cm³/mol. The highest BCUT2D eigenvalue weighted by atomic mass is 35.5. The summed E-state index contributed by atoms with van der Waals surface area (Å²) in [6.45, 7) is 1.65. The van der Waals surface area contributed by atoms with Crippen molar-refractivity contribution in [1.29, 1.82) is 0 Å². The van der Waals surface area contributed by atoms with Crippen LogP contribution in [0.3, 0.4) is 0 Å². The lowest BCUT2D eigenvalue weighted by atomic mass is 10.3. The third kappa shape index (κ3) is 5.13. The predicted octanol–water partition coefficient (Wildman–Crippen LogP) is 0.514. The topological polar surface area (TPSA) is 105 Å². The monoisotopic (exact) mass is 350 g/mol. The van der Waals surface area contributed by atoms with Crippen molar-refractivity contribution in [3.8, 4) is 5.75 Å². The average molecular weight is 351 g/mol. The molecule has 0 fully saturated rings. The number of carbonyl (C=O) groups excluding carboxylic acids is 1. The highest BCUT2D eigenvalue weighted by molar-refractivity contribution is 7.89. The summed E-state index contributed by atoms with van der Waals surface area (Å²) in [6, 6.07) is 3.07. The van der Waals surface area contributed by atoms with Crippen LogP contribution in [0.2, 0.25) is 5.02 Å². The number of benzene rings is 1. The minimum Gasteiger partial charge on any atom is -0.495 e. The molecule has 9 heteroatoms. The van der Waals surface area contributed by atoms with Crippen LogP contribution in [-0.4, -0.2) is 45.7 Å². The van der Waals surface area contributed by atoms with E-state index in [0.717, 1.165) is 0 Å². The second-order valence-electron chi connectivity index (χ2n) is 4.51. The maximum atomic E-state index is 12.2. The number of ether oxygens (including phenoxy) is 1. The molecule has 1 rings (SSSR count). The van der Waals surface area contributed by atoms with E-state index in [0.29, 0.717) is 12.2 Å². The van der Waals surface area contributed by atoms with Gasteiger partial charge in [0.25, 0.3) is 0 Å². The Morgan fingerprint density at radius 1 is 1.45 bits per heavy atom. The van der Waals surface area contributed by atoms with Gasteiger partial charge in [0.1, 0.15) is 5.75 Å². The van der Waals surface area contributed by atoms with Crippen LogP contribution in [0.4, 0.5) is 0 Å². The number of hydrogen-bond donors (Lipinski definition) is 3. The molecule has 0 saturated carbocycles. The van der Waals surface area contributed by atoms with Gasteiger partial charge in [0.05, 0.1) is 23.1 Å². The summed E-state index contributed by atoms with van der Waals surface area (Å²) >= 11 is 5.90. The average Bonchev–Trinajstić information content (AvgIpc) is 2.46. The van der Waals surface area contributed by atoms with Crippen LogP contribution in [0.25, 0.3) is 0 Å². The number of nitrogens with one attached hydrogen (secondary N) is 2. The zero-order chi connectivity index (χ0) is 16.8. The van der Waals surface area contributed by atoms with E-state index in [2.05, 4.69) is 10.0 Å². The summed E-state index contributed by atoms with van der Waals surface area (Å²) in [5.41, 5.74) is 0. The fourth-order valence-electron chi connectivity index (χ4n) is 1.61. The van der Waals surface area contributed by atoms with Crippen molar-refractivity contribution in [2.45, 2.75) is 24.3 Å². The van der Waals surface area contributed by atoms with Crippen molar-refractivity contribution in [3.05, 3.63) is 23.2 Å². The Kier molecular flexibility index (Phi) is 7.08.